The number of hydrogen-bond acceptors (Lipinski definition) is 2. The maximum atomic E-state index is 12.2. The van der Waals surface area contributed by atoms with E-state index in [1.54, 1.807) is 0 Å². The van der Waals surface area contributed by atoms with Crippen LogP contribution in [0.25, 0.3) is 0 Å². The van der Waals surface area contributed by atoms with Crippen LogP contribution in [0.3, 0.4) is 0 Å². The van der Waals surface area contributed by atoms with Crippen LogP contribution in [0, 0.1) is 18.8 Å². The molecule has 2 fully saturated rings. The van der Waals surface area contributed by atoms with E-state index in [1.165, 1.54) is 6.42 Å². The number of rotatable bonds is 3. The van der Waals surface area contributed by atoms with Crippen LogP contribution in [0.2, 0.25) is 0 Å². The summed E-state index contributed by atoms with van der Waals surface area (Å²) in [4.78, 5) is 18.5. The van der Waals surface area contributed by atoms with Gasteiger partial charge in [-0.05, 0) is 38.5 Å². The summed E-state index contributed by atoms with van der Waals surface area (Å²) in [6.07, 6.45) is 9.67. The van der Waals surface area contributed by atoms with E-state index < -0.39 is 0 Å². The molecule has 1 aromatic heterocycles. The highest BCUT2D eigenvalue weighted by Gasteiger charge is 2.31. The first-order valence-electron chi connectivity index (χ1n) is 7.50. The molecule has 1 saturated heterocycles. The molecule has 0 N–H and O–H groups in total. The molecular weight excluding hydrogens is 238 g/mol. The normalized spacial score (nSPS) is 21.4. The average molecular weight is 261 g/mol. The molecule has 0 aromatic carbocycles. The fourth-order valence-corrected chi connectivity index (χ4v) is 3.12. The summed E-state index contributed by atoms with van der Waals surface area (Å²) < 4.78 is 2.23. The van der Waals surface area contributed by atoms with Gasteiger partial charge in [0.15, 0.2) is 0 Å². The minimum Gasteiger partial charge on any atom is -0.342 e. The Labute approximate surface area is 114 Å². The molecule has 0 spiro atoms. The molecule has 4 nitrogen and oxygen atoms in total. The zero-order chi connectivity index (χ0) is 13.2. The minimum atomic E-state index is 0.354. The quantitative estimate of drug-likeness (QED) is 0.837. The highest BCUT2D eigenvalue weighted by atomic mass is 16.2. The van der Waals surface area contributed by atoms with Crippen molar-refractivity contribution >= 4 is 5.91 Å². The molecule has 2 heterocycles. The summed E-state index contributed by atoms with van der Waals surface area (Å²) in [6.45, 7) is 5.01. The summed E-state index contributed by atoms with van der Waals surface area (Å²) in [5.41, 5.74) is 0. The molecule has 0 atom stereocenters. The second kappa shape index (κ2) is 5.35. The number of carbonyl (C=O) groups excluding carboxylic acids is 1. The van der Waals surface area contributed by atoms with Gasteiger partial charge >= 0.3 is 0 Å². The van der Waals surface area contributed by atoms with Crippen LogP contribution < -0.4 is 0 Å². The van der Waals surface area contributed by atoms with Gasteiger partial charge in [-0.25, -0.2) is 4.98 Å². The summed E-state index contributed by atoms with van der Waals surface area (Å²) in [5.74, 6) is 2.56. The molecule has 3 rings (SSSR count). The van der Waals surface area contributed by atoms with Crippen molar-refractivity contribution in [3.8, 4) is 0 Å². The monoisotopic (exact) mass is 261 g/mol. The number of hydrogen-bond donors (Lipinski definition) is 0. The van der Waals surface area contributed by atoms with Gasteiger partial charge in [0.2, 0.25) is 5.91 Å². The van der Waals surface area contributed by atoms with E-state index in [0.29, 0.717) is 17.7 Å². The number of carbonyl (C=O) groups is 1. The Bertz CT molecular complexity index is 442. The molecule has 0 radical (unpaired) electrons. The van der Waals surface area contributed by atoms with Crippen LogP contribution in [0.4, 0.5) is 0 Å². The predicted molar refractivity (Wildman–Crippen MR) is 73.6 cm³/mol. The fourth-order valence-electron chi connectivity index (χ4n) is 3.12. The summed E-state index contributed by atoms with van der Waals surface area (Å²) in [7, 11) is 0. The first-order chi connectivity index (χ1) is 9.24. The largest absolute Gasteiger partial charge is 0.342 e. The molecule has 104 valence electrons. The summed E-state index contributed by atoms with van der Waals surface area (Å²) >= 11 is 0. The maximum Gasteiger partial charge on any atom is 0.225 e. The Morgan fingerprint density at radius 1 is 1.32 bits per heavy atom. The molecule has 0 unspecified atom stereocenters. The Morgan fingerprint density at radius 3 is 2.58 bits per heavy atom. The highest BCUT2D eigenvalue weighted by molar-refractivity contribution is 5.79. The van der Waals surface area contributed by atoms with Crippen LogP contribution in [-0.4, -0.2) is 33.4 Å². The van der Waals surface area contributed by atoms with Gasteiger partial charge in [-0.2, -0.15) is 0 Å². The third kappa shape index (κ3) is 2.67. The third-order valence-corrected chi connectivity index (χ3v) is 4.76. The van der Waals surface area contributed by atoms with Crippen molar-refractivity contribution < 1.29 is 4.79 Å². The molecule has 1 aliphatic carbocycles. The summed E-state index contributed by atoms with van der Waals surface area (Å²) in [6, 6.07) is 0. The number of aromatic nitrogens is 2. The average Bonchev–Trinajstić information content (AvgIpc) is 2.74. The first kappa shape index (κ1) is 12.7. The Morgan fingerprint density at radius 2 is 2.05 bits per heavy atom. The Balaban J connectivity index is 1.49. The van der Waals surface area contributed by atoms with E-state index in [9.17, 15) is 4.79 Å². The van der Waals surface area contributed by atoms with E-state index in [1.807, 2.05) is 6.20 Å². The van der Waals surface area contributed by atoms with E-state index >= 15 is 0 Å². The number of imidazole rings is 1. The number of likely N-dealkylation sites (tertiary alicyclic amines) is 1. The molecule has 1 aromatic rings. The number of piperidine rings is 1. The fraction of sp³-hybridized carbons (Fsp3) is 0.733. The van der Waals surface area contributed by atoms with Crippen LogP contribution >= 0.6 is 0 Å². The third-order valence-electron chi connectivity index (χ3n) is 4.76. The smallest absolute Gasteiger partial charge is 0.225 e. The van der Waals surface area contributed by atoms with Crippen molar-refractivity contribution in [2.75, 3.05) is 13.1 Å². The number of amides is 1. The van der Waals surface area contributed by atoms with Gasteiger partial charge in [-0.15, -0.1) is 0 Å². The van der Waals surface area contributed by atoms with Crippen molar-refractivity contribution in [2.45, 2.75) is 45.6 Å². The van der Waals surface area contributed by atoms with Gasteiger partial charge < -0.3 is 9.47 Å². The van der Waals surface area contributed by atoms with Gasteiger partial charge in [0, 0.05) is 37.9 Å². The molecule has 4 heteroatoms. The lowest BCUT2D eigenvalue weighted by Gasteiger charge is -2.36. The Kier molecular flexibility index (Phi) is 3.58. The van der Waals surface area contributed by atoms with Crippen LogP contribution in [0.1, 0.15) is 37.9 Å². The molecule has 2 aliphatic rings. The molecule has 0 bridgehead atoms. The van der Waals surface area contributed by atoms with Gasteiger partial charge in [-0.1, -0.05) is 6.42 Å². The van der Waals surface area contributed by atoms with Crippen molar-refractivity contribution in [1.29, 1.82) is 0 Å². The number of nitrogens with zero attached hydrogens (tertiary/aromatic N) is 3. The Hall–Kier alpha value is -1.32. The molecular formula is C15H23N3O. The predicted octanol–water partition coefficient (Wildman–Crippen LogP) is 2.23. The lowest BCUT2D eigenvalue weighted by atomic mass is 9.83. The van der Waals surface area contributed by atoms with Crippen LogP contribution in [0.15, 0.2) is 12.4 Å². The van der Waals surface area contributed by atoms with Gasteiger partial charge in [-0.3, -0.25) is 4.79 Å². The highest BCUT2D eigenvalue weighted by Crippen LogP contribution is 2.30. The minimum absolute atomic E-state index is 0.354. The lowest BCUT2D eigenvalue weighted by Crippen LogP contribution is -2.44. The molecule has 1 amide bonds. The van der Waals surface area contributed by atoms with Crippen molar-refractivity contribution in [2.24, 2.45) is 11.8 Å². The van der Waals surface area contributed by atoms with E-state index in [4.69, 9.17) is 0 Å². The number of aryl methyl sites for hydroxylation is 1. The van der Waals surface area contributed by atoms with Gasteiger partial charge in [0.25, 0.3) is 0 Å². The standard InChI is InChI=1S/C15H23N3O/c1-12-16-7-10-18(12)11-13-5-8-17(9-6-13)15(19)14-3-2-4-14/h7,10,13-14H,2-6,8-9,11H2,1H3. The van der Waals surface area contributed by atoms with E-state index in [0.717, 1.165) is 51.1 Å². The second-order valence-corrected chi connectivity index (χ2v) is 6.02. The zero-order valence-electron chi connectivity index (χ0n) is 11.7. The maximum absolute atomic E-state index is 12.2. The lowest BCUT2D eigenvalue weighted by molar-refractivity contribution is -0.139. The second-order valence-electron chi connectivity index (χ2n) is 6.02. The van der Waals surface area contributed by atoms with Gasteiger partial charge in [0.1, 0.15) is 5.82 Å². The first-order valence-corrected chi connectivity index (χ1v) is 7.50. The van der Waals surface area contributed by atoms with E-state index in [2.05, 4.69) is 27.6 Å². The molecule has 1 aliphatic heterocycles. The summed E-state index contributed by atoms with van der Waals surface area (Å²) in [5, 5.41) is 0. The zero-order valence-corrected chi connectivity index (χ0v) is 11.7. The van der Waals surface area contributed by atoms with Crippen molar-refractivity contribution in [3.05, 3.63) is 18.2 Å². The van der Waals surface area contributed by atoms with E-state index in [-0.39, 0.29) is 0 Å². The van der Waals surface area contributed by atoms with Crippen molar-refractivity contribution in [3.63, 3.8) is 0 Å². The van der Waals surface area contributed by atoms with Crippen LogP contribution in [-0.2, 0) is 11.3 Å². The van der Waals surface area contributed by atoms with Crippen LogP contribution in [0.5, 0.6) is 0 Å². The SMILES string of the molecule is Cc1nccn1CC1CCN(C(=O)C2CCC2)CC1. The van der Waals surface area contributed by atoms with Gasteiger partial charge in [0.05, 0.1) is 0 Å². The molecule has 19 heavy (non-hydrogen) atoms. The molecule has 1 saturated carbocycles. The topological polar surface area (TPSA) is 38.1 Å². The van der Waals surface area contributed by atoms with Crippen molar-refractivity contribution in [1.82, 2.24) is 14.5 Å².